The van der Waals surface area contributed by atoms with Gasteiger partial charge in [0, 0.05) is 23.9 Å². The highest BCUT2D eigenvalue weighted by Gasteiger charge is 2.14. The van der Waals surface area contributed by atoms with Crippen molar-refractivity contribution < 1.29 is 8.78 Å². The summed E-state index contributed by atoms with van der Waals surface area (Å²) in [6, 6.07) is 3.41. The quantitative estimate of drug-likeness (QED) is 0.870. The lowest BCUT2D eigenvalue weighted by molar-refractivity contribution is 0.572. The molecule has 2 N–H and O–H groups in total. The van der Waals surface area contributed by atoms with Crippen molar-refractivity contribution in [1.29, 1.82) is 0 Å². The van der Waals surface area contributed by atoms with E-state index in [1.807, 2.05) is 13.8 Å². The number of aromatic nitrogens is 2. The van der Waals surface area contributed by atoms with E-state index in [-0.39, 0.29) is 5.69 Å². The second kappa shape index (κ2) is 4.25. The molecule has 0 saturated carbocycles. The van der Waals surface area contributed by atoms with Crippen molar-refractivity contribution in [3.63, 3.8) is 0 Å². The molecule has 0 unspecified atom stereocenters. The van der Waals surface area contributed by atoms with Crippen LogP contribution in [0.5, 0.6) is 0 Å². The molecule has 0 amide bonds. The predicted octanol–water partition coefficient (Wildman–Crippen LogP) is 2.23. The summed E-state index contributed by atoms with van der Waals surface area (Å²) < 4.78 is 27.9. The van der Waals surface area contributed by atoms with Gasteiger partial charge in [0.05, 0.1) is 5.69 Å². The predicted molar refractivity (Wildman–Crippen MR) is 60.8 cm³/mol. The molecule has 0 bridgehead atoms. The van der Waals surface area contributed by atoms with Crippen LogP contribution >= 0.6 is 0 Å². The highest BCUT2D eigenvalue weighted by molar-refractivity contribution is 5.38. The Kier molecular flexibility index (Phi) is 2.93. The van der Waals surface area contributed by atoms with E-state index in [4.69, 9.17) is 5.73 Å². The first-order chi connectivity index (χ1) is 8.04. The number of hydrogen-bond donors (Lipinski definition) is 1. The summed E-state index contributed by atoms with van der Waals surface area (Å²) in [5.74, 6) is -1.24. The zero-order chi connectivity index (χ0) is 12.6. The molecule has 1 aromatic heterocycles. The molecule has 0 aliphatic heterocycles. The van der Waals surface area contributed by atoms with Gasteiger partial charge in [-0.1, -0.05) is 0 Å². The van der Waals surface area contributed by atoms with Crippen molar-refractivity contribution in [1.82, 2.24) is 9.78 Å². The van der Waals surface area contributed by atoms with E-state index in [0.717, 1.165) is 23.0 Å². The van der Waals surface area contributed by atoms with Gasteiger partial charge in [-0.15, -0.1) is 0 Å². The molecule has 0 aliphatic rings. The van der Waals surface area contributed by atoms with Crippen LogP contribution in [-0.4, -0.2) is 9.78 Å². The van der Waals surface area contributed by atoms with E-state index in [0.29, 0.717) is 6.54 Å². The topological polar surface area (TPSA) is 43.8 Å². The average Bonchev–Trinajstić information content (AvgIpc) is 2.54. The number of hydrogen-bond acceptors (Lipinski definition) is 2. The van der Waals surface area contributed by atoms with Crippen LogP contribution in [0.25, 0.3) is 5.69 Å². The Morgan fingerprint density at radius 1 is 1.29 bits per heavy atom. The molecule has 0 saturated heterocycles. The number of rotatable bonds is 2. The molecule has 0 fully saturated rings. The highest BCUT2D eigenvalue weighted by Crippen LogP contribution is 2.20. The Bertz CT molecular complexity index is 561. The summed E-state index contributed by atoms with van der Waals surface area (Å²) in [7, 11) is 0. The van der Waals surface area contributed by atoms with E-state index in [2.05, 4.69) is 5.10 Å². The minimum absolute atomic E-state index is 0.228. The van der Waals surface area contributed by atoms with E-state index in [1.165, 1.54) is 16.8 Å². The molecule has 90 valence electrons. The van der Waals surface area contributed by atoms with Crippen LogP contribution < -0.4 is 5.73 Å². The largest absolute Gasteiger partial charge is 0.326 e. The van der Waals surface area contributed by atoms with Crippen molar-refractivity contribution in [2.75, 3.05) is 0 Å². The fourth-order valence-corrected chi connectivity index (χ4v) is 1.86. The zero-order valence-corrected chi connectivity index (χ0v) is 9.67. The Hall–Kier alpha value is -1.75. The van der Waals surface area contributed by atoms with Gasteiger partial charge in [0.25, 0.3) is 0 Å². The fourth-order valence-electron chi connectivity index (χ4n) is 1.86. The van der Waals surface area contributed by atoms with Crippen LogP contribution in [0.15, 0.2) is 18.2 Å². The van der Waals surface area contributed by atoms with Gasteiger partial charge in [-0.05, 0) is 26.0 Å². The lowest BCUT2D eigenvalue weighted by Crippen LogP contribution is -2.04. The molecule has 2 aromatic rings. The third-order valence-corrected chi connectivity index (χ3v) is 2.78. The van der Waals surface area contributed by atoms with Crippen molar-refractivity contribution in [3.8, 4) is 5.69 Å². The van der Waals surface area contributed by atoms with Gasteiger partial charge in [0.1, 0.15) is 11.5 Å². The van der Waals surface area contributed by atoms with Gasteiger partial charge in [-0.2, -0.15) is 5.10 Å². The van der Waals surface area contributed by atoms with Gasteiger partial charge in [0.2, 0.25) is 0 Å². The minimum Gasteiger partial charge on any atom is -0.326 e. The molecule has 2 rings (SSSR count). The third kappa shape index (κ3) is 1.93. The summed E-state index contributed by atoms with van der Waals surface area (Å²) in [6.07, 6.45) is 0. The maximum atomic E-state index is 13.6. The molecule has 1 aromatic carbocycles. The lowest BCUT2D eigenvalue weighted by Gasteiger charge is -2.06. The summed E-state index contributed by atoms with van der Waals surface area (Å²) in [5, 5.41) is 4.22. The molecular formula is C12H13F2N3. The second-order valence-electron chi connectivity index (χ2n) is 3.86. The van der Waals surface area contributed by atoms with Gasteiger partial charge < -0.3 is 5.73 Å². The molecule has 0 aliphatic carbocycles. The first kappa shape index (κ1) is 11.7. The van der Waals surface area contributed by atoms with Crippen molar-refractivity contribution >= 4 is 0 Å². The molecular weight excluding hydrogens is 224 g/mol. The molecule has 0 atom stereocenters. The number of nitrogens with two attached hydrogens (primary N) is 1. The monoisotopic (exact) mass is 237 g/mol. The molecule has 17 heavy (non-hydrogen) atoms. The van der Waals surface area contributed by atoms with Crippen molar-refractivity contribution in [3.05, 3.63) is 46.8 Å². The number of halogens is 2. The fraction of sp³-hybridized carbons (Fsp3) is 0.250. The molecule has 5 heteroatoms. The number of aryl methyl sites for hydroxylation is 1. The summed E-state index contributed by atoms with van der Waals surface area (Å²) in [5.41, 5.74) is 8.24. The van der Waals surface area contributed by atoms with Crippen LogP contribution in [0.1, 0.15) is 17.0 Å². The molecule has 1 heterocycles. The van der Waals surface area contributed by atoms with Crippen LogP contribution in [0.4, 0.5) is 8.78 Å². The Morgan fingerprint density at radius 3 is 2.53 bits per heavy atom. The SMILES string of the molecule is Cc1nn(-c2ccc(F)cc2F)c(C)c1CN. The maximum absolute atomic E-state index is 13.6. The van der Waals surface area contributed by atoms with Gasteiger partial charge in [-0.25, -0.2) is 13.5 Å². The summed E-state index contributed by atoms with van der Waals surface area (Å²) in [6.45, 7) is 3.97. The van der Waals surface area contributed by atoms with E-state index >= 15 is 0 Å². The summed E-state index contributed by atoms with van der Waals surface area (Å²) >= 11 is 0. The minimum atomic E-state index is -0.640. The van der Waals surface area contributed by atoms with Gasteiger partial charge >= 0.3 is 0 Å². The smallest absolute Gasteiger partial charge is 0.151 e. The number of benzene rings is 1. The number of nitrogens with zero attached hydrogens (tertiary/aromatic N) is 2. The molecule has 3 nitrogen and oxygen atoms in total. The standard InChI is InChI=1S/C12H13F2N3/c1-7-10(6-15)8(2)17(16-7)12-4-3-9(13)5-11(12)14/h3-5H,6,15H2,1-2H3. The second-order valence-corrected chi connectivity index (χ2v) is 3.86. The van der Waals surface area contributed by atoms with E-state index in [1.54, 1.807) is 0 Å². The lowest BCUT2D eigenvalue weighted by atomic mass is 10.2. The zero-order valence-electron chi connectivity index (χ0n) is 9.67. The van der Waals surface area contributed by atoms with Crippen LogP contribution in [0.3, 0.4) is 0 Å². The van der Waals surface area contributed by atoms with Crippen LogP contribution in [0.2, 0.25) is 0 Å². The first-order valence-corrected chi connectivity index (χ1v) is 5.25. The van der Waals surface area contributed by atoms with Gasteiger partial charge in [-0.3, -0.25) is 0 Å². The van der Waals surface area contributed by atoms with Crippen LogP contribution in [0, 0.1) is 25.5 Å². The van der Waals surface area contributed by atoms with E-state index < -0.39 is 11.6 Å². The Labute approximate surface area is 97.9 Å². The first-order valence-electron chi connectivity index (χ1n) is 5.25. The Balaban J connectivity index is 2.61. The van der Waals surface area contributed by atoms with E-state index in [9.17, 15) is 8.78 Å². The highest BCUT2D eigenvalue weighted by atomic mass is 19.1. The normalized spacial score (nSPS) is 10.9. The Morgan fingerprint density at radius 2 is 2.00 bits per heavy atom. The van der Waals surface area contributed by atoms with Crippen molar-refractivity contribution in [2.45, 2.75) is 20.4 Å². The van der Waals surface area contributed by atoms with Crippen LogP contribution in [-0.2, 0) is 6.54 Å². The van der Waals surface area contributed by atoms with Crippen molar-refractivity contribution in [2.24, 2.45) is 5.73 Å². The average molecular weight is 237 g/mol. The third-order valence-electron chi connectivity index (χ3n) is 2.78. The van der Waals surface area contributed by atoms with Gasteiger partial charge in [0.15, 0.2) is 5.82 Å². The summed E-state index contributed by atoms with van der Waals surface area (Å²) in [4.78, 5) is 0. The molecule has 0 spiro atoms. The maximum Gasteiger partial charge on any atom is 0.151 e. The molecule has 0 radical (unpaired) electrons.